The fraction of sp³-hybridized carbons (Fsp3) is 0.364. The molecule has 0 unspecified atom stereocenters. The number of aromatic nitrogens is 1. The zero-order valence-corrected chi connectivity index (χ0v) is 9.39. The topological polar surface area (TPSA) is 70.5 Å². The maximum absolute atomic E-state index is 13.3. The molecule has 0 aliphatic heterocycles. The van der Waals surface area contributed by atoms with Crippen molar-refractivity contribution in [1.29, 1.82) is 0 Å². The predicted molar refractivity (Wildman–Crippen MR) is 58.0 cm³/mol. The second-order valence-electron chi connectivity index (χ2n) is 3.37. The van der Waals surface area contributed by atoms with E-state index in [4.69, 9.17) is 5.11 Å². The van der Waals surface area contributed by atoms with Gasteiger partial charge in [-0.1, -0.05) is 0 Å². The highest BCUT2D eigenvalue weighted by atomic mass is 19.1. The van der Waals surface area contributed by atoms with E-state index < -0.39 is 17.8 Å². The van der Waals surface area contributed by atoms with Gasteiger partial charge in [0.05, 0.1) is 12.0 Å². The maximum Gasteiger partial charge on any atom is 0.305 e. The van der Waals surface area contributed by atoms with Gasteiger partial charge in [0.15, 0.2) is 0 Å². The summed E-state index contributed by atoms with van der Waals surface area (Å²) in [7, 11) is 0. The van der Waals surface area contributed by atoms with Crippen LogP contribution in [0.5, 0.6) is 0 Å². The van der Waals surface area contributed by atoms with Crippen LogP contribution in [0.1, 0.15) is 23.7 Å². The molecule has 5 nitrogen and oxygen atoms in total. The predicted octanol–water partition coefficient (Wildman–Crippen LogP) is 1.16. The van der Waals surface area contributed by atoms with Crippen LogP contribution in [0.25, 0.3) is 0 Å². The number of carbonyl (C=O) groups is 2. The number of rotatable bonds is 5. The van der Waals surface area contributed by atoms with Gasteiger partial charge < -0.3 is 10.0 Å². The van der Waals surface area contributed by atoms with Crippen molar-refractivity contribution in [1.82, 2.24) is 9.88 Å². The molecule has 1 aromatic heterocycles. The minimum atomic E-state index is -0.997. The molecule has 0 atom stereocenters. The molecule has 17 heavy (non-hydrogen) atoms. The molecule has 6 heteroatoms. The normalized spacial score (nSPS) is 10.0. The van der Waals surface area contributed by atoms with Gasteiger partial charge in [-0.2, -0.15) is 4.39 Å². The van der Waals surface area contributed by atoms with Gasteiger partial charge in [-0.05, 0) is 19.1 Å². The van der Waals surface area contributed by atoms with Crippen LogP contribution < -0.4 is 0 Å². The van der Waals surface area contributed by atoms with Gasteiger partial charge in [-0.25, -0.2) is 4.98 Å². The Kier molecular flexibility index (Phi) is 4.56. The third-order valence-corrected chi connectivity index (χ3v) is 2.25. The number of carbonyl (C=O) groups excluding carboxylic acids is 1. The third kappa shape index (κ3) is 3.51. The molecule has 0 aliphatic carbocycles. The summed E-state index contributed by atoms with van der Waals surface area (Å²) in [5.74, 6) is -2.38. The molecule has 1 aromatic rings. The standard InChI is InChI=1S/C11H13FN2O3/c1-2-14(7-5-9(15)16)11(17)8-4-3-6-13-10(8)12/h3-4,6H,2,5,7H2,1H3,(H,15,16). The van der Waals surface area contributed by atoms with Crippen molar-refractivity contribution in [2.45, 2.75) is 13.3 Å². The van der Waals surface area contributed by atoms with Crippen molar-refractivity contribution >= 4 is 11.9 Å². The molecule has 1 heterocycles. The van der Waals surface area contributed by atoms with Gasteiger partial charge in [-0.15, -0.1) is 0 Å². The molecular formula is C11H13FN2O3. The zero-order chi connectivity index (χ0) is 12.8. The van der Waals surface area contributed by atoms with Crippen molar-refractivity contribution in [3.05, 3.63) is 29.8 Å². The molecular weight excluding hydrogens is 227 g/mol. The Morgan fingerprint density at radius 2 is 2.24 bits per heavy atom. The minimum absolute atomic E-state index is 0.0546. The smallest absolute Gasteiger partial charge is 0.305 e. The SMILES string of the molecule is CCN(CCC(=O)O)C(=O)c1cccnc1F. The molecule has 0 radical (unpaired) electrons. The Morgan fingerprint density at radius 1 is 1.53 bits per heavy atom. The van der Waals surface area contributed by atoms with E-state index in [-0.39, 0.29) is 18.5 Å². The second kappa shape index (κ2) is 5.93. The average molecular weight is 240 g/mol. The quantitative estimate of drug-likeness (QED) is 0.784. The summed E-state index contributed by atoms with van der Waals surface area (Å²) in [6.45, 7) is 2.08. The van der Waals surface area contributed by atoms with Crippen molar-refractivity contribution < 1.29 is 19.1 Å². The second-order valence-corrected chi connectivity index (χ2v) is 3.37. The van der Waals surface area contributed by atoms with E-state index in [9.17, 15) is 14.0 Å². The van der Waals surface area contributed by atoms with E-state index in [1.807, 2.05) is 0 Å². The van der Waals surface area contributed by atoms with Crippen LogP contribution in [0.15, 0.2) is 18.3 Å². The Bertz CT molecular complexity index is 423. The van der Waals surface area contributed by atoms with E-state index in [1.165, 1.54) is 23.2 Å². The van der Waals surface area contributed by atoms with Crippen LogP contribution >= 0.6 is 0 Å². The first-order chi connectivity index (χ1) is 8.06. The van der Waals surface area contributed by atoms with Crippen LogP contribution in [-0.4, -0.2) is 40.0 Å². The molecule has 0 bridgehead atoms. The summed E-state index contributed by atoms with van der Waals surface area (Å²) in [6.07, 6.45) is 1.08. The number of carboxylic acids is 1. The average Bonchev–Trinajstić information content (AvgIpc) is 2.29. The first-order valence-electron chi connectivity index (χ1n) is 5.17. The van der Waals surface area contributed by atoms with Crippen molar-refractivity contribution in [3.63, 3.8) is 0 Å². The van der Waals surface area contributed by atoms with Crippen molar-refractivity contribution in [3.8, 4) is 0 Å². The number of nitrogens with zero attached hydrogens (tertiary/aromatic N) is 2. The summed E-state index contributed by atoms with van der Waals surface area (Å²) >= 11 is 0. The Labute approximate surface area is 97.9 Å². The zero-order valence-electron chi connectivity index (χ0n) is 9.39. The first-order valence-corrected chi connectivity index (χ1v) is 5.17. The van der Waals surface area contributed by atoms with Crippen LogP contribution in [0, 0.1) is 5.95 Å². The third-order valence-electron chi connectivity index (χ3n) is 2.25. The van der Waals surface area contributed by atoms with Crippen LogP contribution in [0.2, 0.25) is 0 Å². The molecule has 0 saturated heterocycles. The molecule has 0 saturated carbocycles. The summed E-state index contributed by atoms with van der Waals surface area (Å²) in [4.78, 5) is 26.9. The monoisotopic (exact) mass is 240 g/mol. The molecule has 0 spiro atoms. The molecule has 1 amide bonds. The number of carboxylic acid groups (broad SMARTS) is 1. The van der Waals surface area contributed by atoms with Gasteiger partial charge in [0, 0.05) is 19.3 Å². The lowest BCUT2D eigenvalue weighted by molar-refractivity contribution is -0.137. The highest BCUT2D eigenvalue weighted by Gasteiger charge is 2.18. The van der Waals surface area contributed by atoms with Gasteiger partial charge in [0.25, 0.3) is 5.91 Å². The lowest BCUT2D eigenvalue weighted by atomic mass is 10.2. The van der Waals surface area contributed by atoms with E-state index in [2.05, 4.69) is 4.98 Å². The van der Waals surface area contributed by atoms with Crippen LogP contribution in [0.3, 0.4) is 0 Å². The number of hydrogen-bond donors (Lipinski definition) is 1. The Morgan fingerprint density at radius 3 is 2.76 bits per heavy atom. The highest BCUT2D eigenvalue weighted by molar-refractivity contribution is 5.94. The molecule has 0 fully saturated rings. The number of hydrogen-bond acceptors (Lipinski definition) is 3. The van der Waals surface area contributed by atoms with Crippen LogP contribution in [-0.2, 0) is 4.79 Å². The van der Waals surface area contributed by atoms with Gasteiger partial charge >= 0.3 is 5.97 Å². The molecule has 92 valence electrons. The molecule has 0 aromatic carbocycles. The highest BCUT2D eigenvalue weighted by Crippen LogP contribution is 2.08. The van der Waals surface area contributed by atoms with Crippen molar-refractivity contribution in [2.24, 2.45) is 0 Å². The Balaban J connectivity index is 2.79. The molecule has 1 N–H and O–H groups in total. The lowest BCUT2D eigenvalue weighted by Crippen LogP contribution is -2.33. The van der Waals surface area contributed by atoms with E-state index in [1.54, 1.807) is 6.92 Å². The van der Waals surface area contributed by atoms with Gasteiger partial charge in [0.2, 0.25) is 5.95 Å². The molecule has 1 rings (SSSR count). The van der Waals surface area contributed by atoms with E-state index in [0.29, 0.717) is 6.54 Å². The number of halogens is 1. The number of amides is 1. The lowest BCUT2D eigenvalue weighted by Gasteiger charge is -2.19. The number of aliphatic carboxylic acids is 1. The summed E-state index contributed by atoms with van der Waals surface area (Å²) in [6, 6.07) is 2.79. The number of pyridine rings is 1. The van der Waals surface area contributed by atoms with E-state index >= 15 is 0 Å². The Hall–Kier alpha value is -1.98. The van der Waals surface area contributed by atoms with Gasteiger partial charge in [-0.3, -0.25) is 9.59 Å². The largest absolute Gasteiger partial charge is 0.481 e. The fourth-order valence-corrected chi connectivity index (χ4v) is 1.35. The molecule has 0 aliphatic rings. The van der Waals surface area contributed by atoms with Crippen molar-refractivity contribution in [2.75, 3.05) is 13.1 Å². The van der Waals surface area contributed by atoms with E-state index in [0.717, 1.165) is 0 Å². The fourth-order valence-electron chi connectivity index (χ4n) is 1.35. The summed E-state index contributed by atoms with van der Waals surface area (Å²) < 4.78 is 13.3. The summed E-state index contributed by atoms with van der Waals surface area (Å²) in [5, 5.41) is 8.54. The summed E-state index contributed by atoms with van der Waals surface area (Å²) in [5.41, 5.74) is -0.139. The van der Waals surface area contributed by atoms with Gasteiger partial charge in [0.1, 0.15) is 0 Å². The van der Waals surface area contributed by atoms with Crippen LogP contribution in [0.4, 0.5) is 4.39 Å². The maximum atomic E-state index is 13.3. The first kappa shape index (κ1) is 13.1. The minimum Gasteiger partial charge on any atom is -0.481 e.